The molecule has 3 aromatic heterocycles. The van der Waals surface area contributed by atoms with Gasteiger partial charge in [-0.1, -0.05) is 0 Å². The van der Waals surface area contributed by atoms with E-state index in [9.17, 15) is 8.42 Å². The molecule has 0 aliphatic heterocycles. The average Bonchev–Trinajstić information content (AvgIpc) is 3.08. The minimum absolute atomic E-state index is 0.0248. The normalized spacial score (nSPS) is 11.4. The number of pyridine rings is 1. The monoisotopic (exact) mass is 416 g/mol. The topological polar surface area (TPSA) is 127 Å². The van der Waals surface area contributed by atoms with Gasteiger partial charge in [-0.25, -0.2) is 23.1 Å². The molecular weight excluding hydrogens is 392 g/mol. The second-order valence-corrected chi connectivity index (χ2v) is 8.10. The molecule has 3 rings (SSSR count). The van der Waals surface area contributed by atoms with E-state index in [0.29, 0.717) is 36.4 Å². The Kier molecular flexibility index (Phi) is 6.39. The highest BCUT2D eigenvalue weighted by Crippen LogP contribution is 2.13. The SMILES string of the molecule is CCn1cc(S(=O)(=O)NCCNc2ccc(Nc3cc(C)ccn3)nn2)nc1C. The molecule has 0 unspecified atom stereocenters. The number of nitrogens with zero attached hydrogens (tertiary/aromatic N) is 5. The van der Waals surface area contributed by atoms with E-state index in [4.69, 9.17) is 0 Å². The molecule has 0 saturated carbocycles. The smallest absolute Gasteiger partial charge is 0.259 e. The first kappa shape index (κ1) is 20.7. The van der Waals surface area contributed by atoms with Crippen molar-refractivity contribution < 1.29 is 8.42 Å². The lowest BCUT2D eigenvalue weighted by molar-refractivity contribution is 0.579. The van der Waals surface area contributed by atoms with Gasteiger partial charge in [0.15, 0.2) is 10.8 Å². The lowest BCUT2D eigenvalue weighted by Gasteiger charge is -2.08. The van der Waals surface area contributed by atoms with E-state index in [1.807, 2.05) is 26.0 Å². The van der Waals surface area contributed by atoms with Gasteiger partial charge >= 0.3 is 0 Å². The number of rotatable bonds is 9. The zero-order chi connectivity index (χ0) is 20.9. The summed E-state index contributed by atoms with van der Waals surface area (Å²) in [6, 6.07) is 7.34. The van der Waals surface area contributed by atoms with Crippen LogP contribution < -0.4 is 15.4 Å². The minimum atomic E-state index is -3.65. The van der Waals surface area contributed by atoms with Crippen molar-refractivity contribution in [2.24, 2.45) is 0 Å². The highest BCUT2D eigenvalue weighted by atomic mass is 32.2. The predicted octanol–water partition coefficient (Wildman–Crippen LogP) is 1.84. The van der Waals surface area contributed by atoms with E-state index >= 15 is 0 Å². The van der Waals surface area contributed by atoms with Crippen LogP contribution in [0, 0.1) is 13.8 Å². The number of sulfonamides is 1. The van der Waals surface area contributed by atoms with Crippen LogP contribution >= 0.6 is 0 Å². The zero-order valence-electron chi connectivity index (χ0n) is 16.5. The van der Waals surface area contributed by atoms with Crippen LogP contribution in [0.1, 0.15) is 18.3 Å². The lowest BCUT2D eigenvalue weighted by atomic mass is 10.3. The number of aromatic nitrogens is 5. The Morgan fingerprint density at radius 1 is 1.03 bits per heavy atom. The molecule has 0 radical (unpaired) electrons. The van der Waals surface area contributed by atoms with Crippen molar-refractivity contribution in [1.29, 1.82) is 0 Å². The molecule has 3 aromatic rings. The summed E-state index contributed by atoms with van der Waals surface area (Å²) in [5.41, 5.74) is 1.09. The van der Waals surface area contributed by atoms with Crippen LogP contribution in [-0.2, 0) is 16.6 Å². The molecule has 0 atom stereocenters. The Morgan fingerprint density at radius 2 is 1.79 bits per heavy atom. The first-order chi connectivity index (χ1) is 13.9. The summed E-state index contributed by atoms with van der Waals surface area (Å²) in [7, 11) is -3.65. The van der Waals surface area contributed by atoms with E-state index in [0.717, 1.165) is 5.56 Å². The van der Waals surface area contributed by atoms with Crippen LogP contribution in [0.3, 0.4) is 0 Å². The fraction of sp³-hybridized carbons (Fsp3) is 0.333. The summed E-state index contributed by atoms with van der Waals surface area (Å²) in [6.45, 7) is 6.90. The molecule has 0 fully saturated rings. The Morgan fingerprint density at radius 3 is 2.45 bits per heavy atom. The maximum atomic E-state index is 12.3. The Labute approximate surface area is 169 Å². The van der Waals surface area contributed by atoms with Gasteiger partial charge in [-0.15, -0.1) is 10.2 Å². The van der Waals surface area contributed by atoms with Crippen molar-refractivity contribution in [2.75, 3.05) is 23.7 Å². The van der Waals surface area contributed by atoms with Gasteiger partial charge < -0.3 is 15.2 Å². The third-order valence-corrected chi connectivity index (χ3v) is 5.46. The van der Waals surface area contributed by atoms with E-state index in [1.165, 1.54) is 6.20 Å². The second-order valence-electron chi connectivity index (χ2n) is 6.38. The van der Waals surface area contributed by atoms with Gasteiger partial charge in [-0.3, -0.25) is 0 Å². The van der Waals surface area contributed by atoms with E-state index < -0.39 is 10.0 Å². The van der Waals surface area contributed by atoms with Gasteiger partial charge in [0, 0.05) is 32.0 Å². The molecule has 3 N–H and O–H groups in total. The van der Waals surface area contributed by atoms with Gasteiger partial charge in [0.1, 0.15) is 17.5 Å². The lowest BCUT2D eigenvalue weighted by Crippen LogP contribution is -2.29. The molecule has 29 heavy (non-hydrogen) atoms. The number of aryl methyl sites for hydroxylation is 3. The Balaban J connectivity index is 1.49. The molecule has 0 spiro atoms. The maximum absolute atomic E-state index is 12.3. The third kappa shape index (κ3) is 5.48. The molecule has 0 aliphatic carbocycles. The summed E-state index contributed by atoms with van der Waals surface area (Å²) in [6.07, 6.45) is 3.25. The quantitative estimate of drug-likeness (QED) is 0.451. The zero-order valence-corrected chi connectivity index (χ0v) is 17.4. The number of anilines is 3. The standard InChI is InChI=1S/C18H24N8O2S/c1-4-26-12-18(22-14(26)3)29(27,28)21-10-9-20-15-5-6-16(25-24-15)23-17-11-13(2)7-8-19-17/h5-8,11-12,21H,4,9-10H2,1-3H3,(H,20,24)(H,19,23,25). The Hall–Kier alpha value is -3.05. The van der Waals surface area contributed by atoms with Crippen molar-refractivity contribution >= 4 is 27.5 Å². The largest absolute Gasteiger partial charge is 0.367 e. The average molecular weight is 417 g/mol. The van der Waals surface area contributed by atoms with E-state index in [1.54, 1.807) is 29.8 Å². The van der Waals surface area contributed by atoms with Gasteiger partial charge in [0.25, 0.3) is 10.0 Å². The van der Waals surface area contributed by atoms with Gasteiger partial charge in [0.05, 0.1) is 0 Å². The minimum Gasteiger partial charge on any atom is -0.367 e. The summed E-state index contributed by atoms with van der Waals surface area (Å²) in [4.78, 5) is 8.31. The number of imidazole rings is 1. The summed E-state index contributed by atoms with van der Waals surface area (Å²) in [5.74, 6) is 2.46. The van der Waals surface area contributed by atoms with Crippen molar-refractivity contribution in [3.8, 4) is 0 Å². The van der Waals surface area contributed by atoms with Crippen LogP contribution in [0.15, 0.2) is 41.7 Å². The number of hydrogen-bond donors (Lipinski definition) is 3. The van der Waals surface area contributed by atoms with Crippen LogP contribution in [0.4, 0.5) is 17.5 Å². The van der Waals surface area contributed by atoms with Crippen LogP contribution in [0.25, 0.3) is 0 Å². The molecule has 3 heterocycles. The predicted molar refractivity (Wildman–Crippen MR) is 111 cm³/mol. The molecule has 0 aliphatic rings. The highest BCUT2D eigenvalue weighted by Gasteiger charge is 2.18. The van der Waals surface area contributed by atoms with Crippen molar-refractivity contribution in [1.82, 2.24) is 29.5 Å². The molecule has 10 nitrogen and oxygen atoms in total. The molecule has 0 saturated heterocycles. The van der Waals surface area contributed by atoms with Crippen LogP contribution in [-0.4, -0.2) is 46.2 Å². The Bertz CT molecular complexity index is 1060. The molecule has 0 amide bonds. The fourth-order valence-electron chi connectivity index (χ4n) is 2.61. The number of nitrogens with one attached hydrogen (secondary N) is 3. The van der Waals surface area contributed by atoms with E-state index in [-0.39, 0.29) is 11.6 Å². The summed E-state index contributed by atoms with van der Waals surface area (Å²) < 4.78 is 28.9. The van der Waals surface area contributed by atoms with Crippen LogP contribution in [0.5, 0.6) is 0 Å². The van der Waals surface area contributed by atoms with Crippen molar-refractivity contribution in [2.45, 2.75) is 32.3 Å². The first-order valence-electron chi connectivity index (χ1n) is 9.18. The highest BCUT2D eigenvalue weighted by molar-refractivity contribution is 7.89. The summed E-state index contributed by atoms with van der Waals surface area (Å²) >= 11 is 0. The van der Waals surface area contributed by atoms with Gasteiger partial charge in [-0.05, 0) is 50.6 Å². The maximum Gasteiger partial charge on any atom is 0.259 e. The van der Waals surface area contributed by atoms with Gasteiger partial charge in [-0.2, -0.15) is 0 Å². The first-order valence-corrected chi connectivity index (χ1v) is 10.7. The van der Waals surface area contributed by atoms with E-state index in [2.05, 4.69) is 35.5 Å². The summed E-state index contributed by atoms with van der Waals surface area (Å²) in [5, 5.41) is 14.3. The molecule has 0 aromatic carbocycles. The number of hydrogen-bond acceptors (Lipinski definition) is 8. The van der Waals surface area contributed by atoms with Crippen molar-refractivity contribution in [3.05, 3.63) is 48.0 Å². The fourth-order valence-corrected chi connectivity index (χ4v) is 3.64. The second kappa shape index (κ2) is 8.97. The molecular formula is C18H24N8O2S. The van der Waals surface area contributed by atoms with Crippen LogP contribution in [0.2, 0.25) is 0 Å². The van der Waals surface area contributed by atoms with Gasteiger partial charge in [0.2, 0.25) is 0 Å². The molecule has 11 heteroatoms. The third-order valence-electron chi connectivity index (χ3n) is 4.13. The molecule has 154 valence electrons. The molecule has 0 bridgehead atoms. The van der Waals surface area contributed by atoms with Crippen molar-refractivity contribution in [3.63, 3.8) is 0 Å².